The van der Waals surface area contributed by atoms with Crippen molar-refractivity contribution in [2.24, 2.45) is 0 Å². The number of anilines is 1. The Morgan fingerprint density at radius 3 is 3.05 bits per heavy atom. The standard InChI is InChI=1S/C15H25N3O2S/c1-3-7-16-13-9-15(18-14(17-13)10-19-4-2)21-11-12-6-5-8-20-12/h9,12H,3-8,10-11H2,1-2H3,(H,16,17,18). The first-order valence-corrected chi connectivity index (χ1v) is 8.74. The third-order valence-electron chi connectivity index (χ3n) is 3.18. The Labute approximate surface area is 131 Å². The highest BCUT2D eigenvalue weighted by Gasteiger charge is 2.16. The van der Waals surface area contributed by atoms with E-state index in [1.807, 2.05) is 13.0 Å². The van der Waals surface area contributed by atoms with Crippen LogP contribution in [-0.2, 0) is 16.1 Å². The molecular formula is C15H25N3O2S. The normalized spacial score (nSPS) is 18.1. The molecule has 1 aromatic heterocycles. The zero-order valence-electron chi connectivity index (χ0n) is 12.9. The summed E-state index contributed by atoms with van der Waals surface area (Å²) in [6, 6.07) is 2.02. The lowest BCUT2D eigenvalue weighted by Crippen LogP contribution is -2.10. The van der Waals surface area contributed by atoms with Crippen molar-refractivity contribution >= 4 is 17.6 Å². The zero-order chi connectivity index (χ0) is 14.9. The molecule has 2 heterocycles. The average Bonchev–Trinajstić information content (AvgIpc) is 3.02. The number of thioether (sulfide) groups is 1. The first-order chi connectivity index (χ1) is 10.3. The van der Waals surface area contributed by atoms with Gasteiger partial charge in [0.2, 0.25) is 0 Å². The number of nitrogens with one attached hydrogen (secondary N) is 1. The molecule has 0 spiro atoms. The van der Waals surface area contributed by atoms with Crippen LogP contribution in [0.5, 0.6) is 0 Å². The van der Waals surface area contributed by atoms with Crippen molar-refractivity contribution in [1.29, 1.82) is 0 Å². The van der Waals surface area contributed by atoms with Gasteiger partial charge >= 0.3 is 0 Å². The molecular weight excluding hydrogens is 286 g/mol. The van der Waals surface area contributed by atoms with Crippen molar-refractivity contribution in [1.82, 2.24) is 9.97 Å². The minimum absolute atomic E-state index is 0.368. The Balaban J connectivity index is 1.98. The van der Waals surface area contributed by atoms with E-state index < -0.39 is 0 Å². The quantitative estimate of drug-likeness (QED) is 0.558. The van der Waals surface area contributed by atoms with Gasteiger partial charge in [-0.3, -0.25) is 0 Å². The predicted octanol–water partition coefficient (Wildman–Crippen LogP) is 3.11. The summed E-state index contributed by atoms with van der Waals surface area (Å²) in [5.74, 6) is 2.59. The maximum Gasteiger partial charge on any atom is 0.157 e. The lowest BCUT2D eigenvalue weighted by Gasteiger charge is -2.11. The van der Waals surface area contributed by atoms with Crippen molar-refractivity contribution < 1.29 is 9.47 Å². The summed E-state index contributed by atoms with van der Waals surface area (Å²) in [6.45, 7) is 7.07. The summed E-state index contributed by atoms with van der Waals surface area (Å²) in [4.78, 5) is 9.07. The van der Waals surface area contributed by atoms with Crippen LogP contribution in [0.2, 0.25) is 0 Å². The highest BCUT2D eigenvalue weighted by atomic mass is 32.2. The van der Waals surface area contributed by atoms with Gasteiger partial charge in [0.15, 0.2) is 5.82 Å². The molecule has 1 fully saturated rings. The molecule has 0 aliphatic carbocycles. The highest BCUT2D eigenvalue weighted by Crippen LogP contribution is 2.24. The van der Waals surface area contributed by atoms with E-state index in [1.54, 1.807) is 11.8 Å². The lowest BCUT2D eigenvalue weighted by atomic mass is 10.3. The van der Waals surface area contributed by atoms with Crippen LogP contribution in [-0.4, -0.2) is 41.6 Å². The summed E-state index contributed by atoms with van der Waals surface area (Å²) in [6.07, 6.45) is 3.77. The Morgan fingerprint density at radius 1 is 1.43 bits per heavy atom. The van der Waals surface area contributed by atoms with E-state index in [0.29, 0.717) is 19.3 Å². The molecule has 1 saturated heterocycles. The molecule has 1 N–H and O–H groups in total. The average molecular weight is 311 g/mol. The molecule has 0 bridgehead atoms. The van der Waals surface area contributed by atoms with Crippen molar-refractivity contribution in [3.05, 3.63) is 11.9 Å². The second kappa shape index (κ2) is 9.23. The van der Waals surface area contributed by atoms with Crippen LogP contribution in [0.3, 0.4) is 0 Å². The topological polar surface area (TPSA) is 56.3 Å². The van der Waals surface area contributed by atoms with Gasteiger partial charge in [-0.25, -0.2) is 9.97 Å². The molecule has 2 rings (SSSR count). The SMILES string of the molecule is CCCNc1cc(SCC2CCCO2)nc(COCC)n1. The van der Waals surface area contributed by atoms with Crippen molar-refractivity contribution in [3.63, 3.8) is 0 Å². The van der Waals surface area contributed by atoms with Gasteiger partial charge in [0, 0.05) is 31.6 Å². The number of ether oxygens (including phenoxy) is 2. The molecule has 0 saturated carbocycles. The van der Waals surface area contributed by atoms with Crippen LogP contribution in [0.4, 0.5) is 5.82 Å². The van der Waals surface area contributed by atoms with Crippen molar-refractivity contribution in [2.45, 2.75) is 50.8 Å². The summed E-state index contributed by atoms with van der Waals surface area (Å²) in [7, 11) is 0. The third kappa shape index (κ3) is 5.80. The van der Waals surface area contributed by atoms with E-state index in [-0.39, 0.29) is 0 Å². The Bertz CT molecular complexity index is 399. The van der Waals surface area contributed by atoms with Crippen LogP contribution >= 0.6 is 11.8 Å². The maximum atomic E-state index is 5.66. The van der Waals surface area contributed by atoms with Gasteiger partial charge < -0.3 is 14.8 Å². The van der Waals surface area contributed by atoms with E-state index >= 15 is 0 Å². The highest BCUT2D eigenvalue weighted by molar-refractivity contribution is 7.99. The molecule has 21 heavy (non-hydrogen) atoms. The van der Waals surface area contributed by atoms with Gasteiger partial charge in [-0.05, 0) is 26.2 Å². The molecule has 6 heteroatoms. The molecule has 1 aliphatic rings. The van der Waals surface area contributed by atoms with E-state index in [2.05, 4.69) is 22.2 Å². The van der Waals surface area contributed by atoms with E-state index in [4.69, 9.17) is 9.47 Å². The molecule has 118 valence electrons. The molecule has 0 aromatic carbocycles. The first-order valence-electron chi connectivity index (χ1n) is 7.75. The second-order valence-corrected chi connectivity index (χ2v) is 6.06. The van der Waals surface area contributed by atoms with E-state index in [9.17, 15) is 0 Å². The summed E-state index contributed by atoms with van der Waals surface area (Å²) >= 11 is 1.74. The molecule has 0 radical (unpaired) electrons. The van der Waals surface area contributed by atoms with Gasteiger partial charge in [-0.15, -0.1) is 11.8 Å². The molecule has 1 atom stereocenters. The van der Waals surface area contributed by atoms with Crippen LogP contribution in [0.25, 0.3) is 0 Å². The van der Waals surface area contributed by atoms with Gasteiger partial charge in [0.05, 0.1) is 6.10 Å². The fourth-order valence-electron chi connectivity index (χ4n) is 2.10. The molecule has 5 nitrogen and oxygen atoms in total. The van der Waals surface area contributed by atoms with Gasteiger partial charge in [-0.2, -0.15) is 0 Å². The monoisotopic (exact) mass is 311 g/mol. The number of aromatic nitrogens is 2. The molecule has 1 unspecified atom stereocenters. The van der Waals surface area contributed by atoms with Gasteiger partial charge in [0.1, 0.15) is 17.5 Å². The predicted molar refractivity (Wildman–Crippen MR) is 85.8 cm³/mol. The Kier molecular flexibility index (Phi) is 7.26. The van der Waals surface area contributed by atoms with Gasteiger partial charge in [0.25, 0.3) is 0 Å². The minimum atomic E-state index is 0.368. The second-order valence-electron chi connectivity index (χ2n) is 5.02. The number of hydrogen-bond acceptors (Lipinski definition) is 6. The van der Waals surface area contributed by atoms with Crippen LogP contribution in [0.15, 0.2) is 11.1 Å². The fraction of sp³-hybridized carbons (Fsp3) is 0.733. The smallest absolute Gasteiger partial charge is 0.157 e. The molecule has 1 aromatic rings. The zero-order valence-corrected chi connectivity index (χ0v) is 13.7. The molecule has 0 amide bonds. The van der Waals surface area contributed by atoms with Crippen LogP contribution < -0.4 is 5.32 Å². The minimum Gasteiger partial charge on any atom is -0.377 e. The van der Waals surface area contributed by atoms with Crippen LogP contribution in [0.1, 0.15) is 38.9 Å². The molecule has 1 aliphatic heterocycles. The fourth-order valence-corrected chi connectivity index (χ4v) is 3.09. The largest absolute Gasteiger partial charge is 0.377 e. The number of hydrogen-bond donors (Lipinski definition) is 1. The summed E-state index contributed by atoms with van der Waals surface area (Å²) < 4.78 is 11.1. The lowest BCUT2D eigenvalue weighted by molar-refractivity contribution is 0.127. The maximum absolute atomic E-state index is 5.66. The van der Waals surface area contributed by atoms with Crippen LogP contribution in [0, 0.1) is 0 Å². The van der Waals surface area contributed by atoms with Crippen molar-refractivity contribution in [2.75, 3.05) is 30.8 Å². The van der Waals surface area contributed by atoms with E-state index in [1.165, 1.54) is 6.42 Å². The summed E-state index contributed by atoms with van der Waals surface area (Å²) in [5.41, 5.74) is 0. The Hall–Kier alpha value is -0.850. The third-order valence-corrected chi connectivity index (χ3v) is 4.22. The number of nitrogens with zero attached hydrogens (tertiary/aromatic N) is 2. The summed E-state index contributed by atoms with van der Waals surface area (Å²) in [5, 5.41) is 4.32. The first kappa shape index (κ1) is 16.5. The Morgan fingerprint density at radius 2 is 2.33 bits per heavy atom. The van der Waals surface area contributed by atoms with E-state index in [0.717, 1.165) is 48.4 Å². The van der Waals surface area contributed by atoms with Gasteiger partial charge in [-0.1, -0.05) is 6.92 Å². The number of rotatable bonds is 9. The van der Waals surface area contributed by atoms with Crippen molar-refractivity contribution in [3.8, 4) is 0 Å².